The Morgan fingerprint density at radius 3 is 2.33 bits per heavy atom. The molecular formula is C14H22N2O2. The standard InChI is InChI=1S/C14H22N2O2/c1-14(2,3)12(15)13(18)16-11(9-17)10-7-5-4-6-8-10/h4-8,11-12,17H,9,15H2,1-3H3,(H,16,18)/t11-,12?/m0/s1. The molecule has 0 heterocycles. The summed E-state index contributed by atoms with van der Waals surface area (Å²) in [5, 5.41) is 12.1. The van der Waals surface area contributed by atoms with E-state index in [4.69, 9.17) is 5.73 Å². The molecule has 4 nitrogen and oxygen atoms in total. The zero-order valence-corrected chi connectivity index (χ0v) is 11.2. The highest BCUT2D eigenvalue weighted by Crippen LogP contribution is 2.19. The van der Waals surface area contributed by atoms with Crippen LogP contribution >= 0.6 is 0 Å². The molecule has 0 aromatic heterocycles. The number of aliphatic hydroxyl groups excluding tert-OH is 1. The van der Waals surface area contributed by atoms with E-state index in [2.05, 4.69) is 5.32 Å². The Bertz CT molecular complexity index is 385. The number of nitrogens with two attached hydrogens (primary N) is 1. The summed E-state index contributed by atoms with van der Waals surface area (Å²) in [5.74, 6) is -0.245. The Morgan fingerprint density at radius 1 is 1.33 bits per heavy atom. The third-order valence-electron chi connectivity index (χ3n) is 2.92. The van der Waals surface area contributed by atoms with E-state index in [1.807, 2.05) is 51.1 Å². The van der Waals surface area contributed by atoms with E-state index in [1.165, 1.54) is 0 Å². The maximum Gasteiger partial charge on any atom is 0.238 e. The normalized spacial score (nSPS) is 14.9. The highest BCUT2D eigenvalue weighted by atomic mass is 16.3. The predicted molar refractivity (Wildman–Crippen MR) is 71.8 cm³/mol. The second-order valence-corrected chi connectivity index (χ2v) is 5.50. The second-order valence-electron chi connectivity index (χ2n) is 5.50. The number of carbonyl (C=O) groups excluding carboxylic acids is 1. The van der Waals surface area contributed by atoms with E-state index in [0.29, 0.717) is 0 Å². The number of carbonyl (C=O) groups is 1. The molecule has 0 aliphatic rings. The first-order valence-electron chi connectivity index (χ1n) is 6.08. The third kappa shape index (κ3) is 3.82. The highest BCUT2D eigenvalue weighted by Gasteiger charge is 2.28. The Morgan fingerprint density at radius 2 is 1.89 bits per heavy atom. The van der Waals surface area contributed by atoms with Gasteiger partial charge in [0.25, 0.3) is 0 Å². The SMILES string of the molecule is CC(C)(C)C(N)C(=O)N[C@@H](CO)c1ccccc1. The minimum atomic E-state index is -0.602. The lowest BCUT2D eigenvalue weighted by Crippen LogP contribution is -2.49. The highest BCUT2D eigenvalue weighted by molar-refractivity contribution is 5.82. The lowest BCUT2D eigenvalue weighted by Gasteiger charge is -2.28. The van der Waals surface area contributed by atoms with Crippen molar-refractivity contribution in [2.24, 2.45) is 11.1 Å². The predicted octanol–water partition coefficient (Wildman–Crippen LogP) is 1.21. The summed E-state index contributed by atoms with van der Waals surface area (Å²) in [6.45, 7) is 5.59. The van der Waals surface area contributed by atoms with Crippen LogP contribution < -0.4 is 11.1 Å². The minimum absolute atomic E-state index is 0.146. The lowest BCUT2D eigenvalue weighted by molar-refractivity contribution is -0.125. The molecule has 18 heavy (non-hydrogen) atoms. The molecule has 0 aliphatic carbocycles. The van der Waals surface area contributed by atoms with E-state index in [9.17, 15) is 9.90 Å². The summed E-state index contributed by atoms with van der Waals surface area (Å²) < 4.78 is 0. The van der Waals surface area contributed by atoms with Gasteiger partial charge >= 0.3 is 0 Å². The molecule has 0 aliphatic heterocycles. The minimum Gasteiger partial charge on any atom is -0.394 e. The van der Waals surface area contributed by atoms with Crippen molar-refractivity contribution >= 4 is 5.91 Å². The zero-order valence-electron chi connectivity index (χ0n) is 11.2. The molecular weight excluding hydrogens is 228 g/mol. The quantitative estimate of drug-likeness (QED) is 0.752. The molecule has 2 atom stereocenters. The van der Waals surface area contributed by atoms with Crippen LogP contribution in [0.3, 0.4) is 0 Å². The molecule has 1 rings (SSSR count). The summed E-state index contributed by atoms with van der Waals surface area (Å²) in [7, 11) is 0. The number of rotatable bonds is 4. The van der Waals surface area contributed by atoms with Gasteiger partial charge in [0.2, 0.25) is 5.91 Å². The molecule has 4 N–H and O–H groups in total. The van der Waals surface area contributed by atoms with Crippen LogP contribution in [0.15, 0.2) is 30.3 Å². The molecule has 0 saturated heterocycles. The molecule has 0 spiro atoms. The van der Waals surface area contributed by atoms with E-state index < -0.39 is 12.1 Å². The topological polar surface area (TPSA) is 75.4 Å². The van der Waals surface area contributed by atoms with E-state index in [0.717, 1.165) is 5.56 Å². The summed E-state index contributed by atoms with van der Waals surface area (Å²) >= 11 is 0. The van der Waals surface area contributed by atoms with E-state index in [-0.39, 0.29) is 17.9 Å². The van der Waals surface area contributed by atoms with Crippen molar-refractivity contribution in [3.8, 4) is 0 Å². The molecule has 1 aromatic carbocycles. The number of nitrogens with one attached hydrogen (secondary N) is 1. The molecule has 100 valence electrons. The third-order valence-corrected chi connectivity index (χ3v) is 2.92. The van der Waals surface area contributed by atoms with Gasteiger partial charge in [-0.2, -0.15) is 0 Å². The first kappa shape index (κ1) is 14.7. The monoisotopic (exact) mass is 250 g/mol. The first-order chi connectivity index (χ1) is 8.36. The van der Waals surface area contributed by atoms with Gasteiger partial charge in [-0.25, -0.2) is 0 Å². The summed E-state index contributed by atoms with van der Waals surface area (Å²) in [6, 6.07) is 8.35. The Kier molecular flexibility index (Phi) is 4.87. The summed E-state index contributed by atoms with van der Waals surface area (Å²) in [5.41, 5.74) is 6.45. The van der Waals surface area contributed by atoms with Gasteiger partial charge < -0.3 is 16.2 Å². The number of amides is 1. The Balaban J connectivity index is 2.73. The van der Waals surface area contributed by atoms with E-state index >= 15 is 0 Å². The average molecular weight is 250 g/mol. The van der Waals surface area contributed by atoms with Crippen LogP contribution in [0.25, 0.3) is 0 Å². The number of hydrogen-bond acceptors (Lipinski definition) is 3. The molecule has 1 unspecified atom stereocenters. The van der Waals surface area contributed by atoms with Crippen molar-refractivity contribution in [1.29, 1.82) is 0 Å². The Hall–Kier alpha value is -1.39. The first-order valence-corrected chi connectivity index (χ1v) is 6.08. The molecule has 1 amide bonds. The maximum absolute atomic E-state index is 12.0. The summed E-state index contributed by atoms with van der Waals surface area (Å²) in [4.78, 5) is 12.0. The maximum atomic E-state index is 12.0. The largest absolute Gasteiger partial charge is 0.394 e. The molecule has 0 bridgehead atoms. The van der Waals surface area contributed by atoms with Gasteiger partial charge in [-0.1, -0.05) is 51.1 Å². The van der Waals surface area contributed by atoms with Gasteiger partial charge in [-0.3, -0.25) is 4.79 Å². The average Bonchev–Trinajstić information content (AvgIpc) is 2.34. The molecule has 0 radical (unpaired) electrons. The van der Waals surface area contributed by atoms with Crippen molar-refractivity contribution in [2.75, 3.05) is 6.61 Å². The van der Waals surface area contributed by atoms with Crippen molar-refractivity contribution in [2.45, 2.75) is 32.9 Å². The van der Waals surface area contributed by atoms with Gasteiger partial charge in [-0.15, -0.1) is 0 Å². The smallest absolute Gasteiger partial charge is 0.238 e. The van der Waals surface area contributed by atoms with Gasteiger partial charge in [-0.05, 0) is 11.0 Å². The fourth-order valence-corrected chi connectivity index (χ4v) is 1.57. The van der Waals surface area contributed by atoms with Gasteiger partial charge in [0.05, 0.1) is 18.7 Å². The van der Waals surface area contributed by atoms with Crippen LogP contribution in [-0.2, 0) is 4.79 Å². The molecule has 0 saturated carbocycles. The van der Waals surface area contributed by atoms with Crippen molar-refractivity contribution in [1.82, 2.24) is 5.32 Å². The zero-order chi connectivity index (χ0) is 13.8. The fourth-order valence-electron chi connectivity index (χ4n) is 1.57. The number of benzene rings is 1. The Labute approximate surface area is 108 Å². The van der Waals surface area contributed by atoms with Crippen LogP contribution in [0, 0.1) is 5.41 Å². The molecule has 1 aromatic rings. The van der Waals surface area contributed by atoms with Gasteiger partial charge in [0.15, 0.2) is 0 Å². The summed E-state index contributed by atoms with van der Waals surface area (Å²) in [6.07, 6.45) is 0. The van der Waals surface area contributed by atoms with Crippen LogP contribution in [0.5, 0.6) is 0 Å². The van der Waals surface area contributed by atoms with Crippen LogP contribution in [0.4, 0.5) is 0 Å². The van der Waals surface area contributed by atoms with Crippen molar-refractivity contribution in [3.05, 3.63) is 35.9 Å². The van der Waals surface area contributed by atoms with E-state index in [1.54, 1.807) is 0 Å². The van der Waals surface area contributed by atoms with Crippen molar-refractivity contribution in [3.63, 3.8) is 0 Å². The van der Waals surface area contributed by atoms with Crippen LogP contribution in [0.2, 0.25) is 0 Å². The number of hydrogen-bond donors (Lipinski definition) is 3. The molecule has 4 heteroatoms. The van der Waals surface area contributed by atoms with Crippen molar-refractivity contribution < 1.29 is 9.90 Å². The van der Waals surface area contributed by atoms with Gasteiger partial charge in [0, 0.05) is 0 Å². The van der Waals surface area contributed by atoms with Crippen LogP contribution in [0.1, 0.15) is 32.4 Å². The van der Waals surface area contributed by atoms with Crippen LogP contribution in [-0.4, -0.2) is 23.7 Å². The van der Waals surface area contributed by atoms with Gasteiger partial charge in [0.1, 0.15) is 0 Å². The lowest BCUT2D eigenvalue weighted by atomic mass is 9.86. The number of aliphatic hydroxyl groups is 1. The second kappa shape index (κ2) is 5.98. The molecule has 0 fully saturated rings. The fraction of sp³-hybridized carbons (Fsp3) is 0.500.